The standard InChI is InChI=1S/C19H19N3O2S2/c23-18(13-25-19-21-16-5-1-2-6-17(16)26-19)22-11-3-4-15(12-22)24-14-7-9-20-10-8-14/h1-2,5-10,15H,3-4,11-13H2/t15-/m0/s1. The molecule has 1 aromatic carbocycles. The number of para-hydroxylation sites is 1. The van der Waals surface area contributed by atoms with E-state index in [0.29, 0.717) is 12.3 Å². The van der Waals surface area contributed by atoms with Gasteiger partial charge in [-0.05, 0) is 37.1 Å². The molecular formula is C19H19N3O2S2. The van der Waals surface area contributed by atoms with Crippen LogP contribution < -0.4 is 4.74 Å². The van der Waals surface area contributed by atoms with Gasteiger partial charge in [0.1, 0.15) is 11.9 Å². The van der Waals surface area contributed by atoms with Gasteiger partial charge in [-0.25, -0.2) is 4.98 Å². The molecule has 1 saturated heterocycles. The highest BCUT2D eigenvalue weighted by atomic mass is 32.2. The van der Waals surface area contributed by atoms with Crippen molar-refractivity contribution in [2.45, 2.75) is 23.3 Å². The predicted molar refractivity (Wildman–Crippen MR) is 105 cm³/mol. The number of benzene rings is 1. The maximum Gasteiger partial charge on any atom is 0.233 e. The molecule has 0 aliphatic carbocycles. The van der Waals surface area contributed by atoms with Gasteiger partial charge in [-0.3, -0.25) is 9.78 Å². The van der Waals surface area contributed by atoms with E-state index in [2.05, 4.69) is 16.0 Å². The minimum atomic E-state index is 0.0440. The van der Waals surface area contributed by atoms with Gasteiger partial charge in [-0.15, -0.1) is 11.3 Å². The summed E-state index contributed by atoms with van der Waals surface area (Å²) in [5, 5.41) is 0. The van der Waals surface area contributed by atoms with Gasteiger partial charge in [0, 0.05) is 18.9 Å². The van der Waals surface area contributed by atoms with Gasteiger partial charge in [-0.1, -0.05) is 23.9 Å². The van der Waals surface area contributed by atoms with Crippen molar-refractivity contribution < 1.29 is 9.53 Å². The minimum absolute atomic E-state index is 0.0440. The van der Waals surface area contributed by atoms with Crippen LogP contribution in [0.4, 0.5) is 0 Å². The number of carbonyl (C=O) groups excluding carboxylic acids is 1. The number of piperidine rings is 1. The molecule has 5 nitrogen and oxygen atoms in total. The van der Waals surface area contributed by atoms with Crippen LogP contribution in [0, 0.1) is 0 Å². The monoisotopic (exact) mass is 385 g/mol. The Morgan fingerprint density at radius 1 is 1.27 bits per heavy atom. The normalized spacial score (nSPS) is 17.4. The van der Waals surface area contributed by atoms with Crippen molar-refractivity contribution in [2.75, 3.05) is 18.8 Å². The van der Waals surface area contributed by atoms with Gasteiger partial charge in [-0.2, -0.15) is 0 Å². The number of hydrogen-bond acceptors (Lipinski definition) is 6. The zero-order valence-electron chi connectivity index (χ0n) is 14.2. The number of amides is 1. The first kappa shape index (κ1) is 17.3. The first-order valence-corrected chi connectivity index (χ1v) is 10.4. The fourth-order valence-corrected chi connectivity index (χ4v) is 4.97. The minimum Gasteiger partial charge on any atom is -0.488 e. The molecule has 1 amide bonds. The average Bonchev–Trinajstić information content (AvgIpc) is 3.10. The van der Waals surface area contributed by atoms with Gasteiger partial charge in [0.25, 0.3) is 0 Å². The summed E-state index contributed by atoms with van der Waals surface area (Å²) in [4.78, 5) is 23.1. The van der Waals surface area contributed by atoms with Crippen molar-refractivity contribution in [3.63, 3.8) is 0 Å². The summed E-state index contributed by atoms with van der Waals surface area (Å²) in [6.07, 6.45) is 5.41. The summed E-state index contributed by atoms with van der Waals surface area (Å²) in [6, 6.07) is 11.8. The lowest BCUT2D eigenvalue weighted by molar-refractivity contribution is -0.130. The molecule has 3 heterocycles. The quantitative estimate of drug-likeness (QED) is 0.625. The zero-order chi connectivity index (χ0) is 17.8. The summed E-state index contributed by atoms with van der Waals surface area (Å²) in [6.45, 7) is 1.44. The van der Waals surface area contributed by atoms with Crippen LogP contribution in [-0.2, 0) is 4.79 Å². The molecule has 0 spiro atoms. The molecule has 0 N–H and O–H groups in total. The molecule has 3 aromatic rings. The van der Waals surface area contributed by atoms with Crippen molar-refractivity contribution in [2.24, 2.45) is 0 Å². The topological polar surface area (TPSA) is 55.3 Å². The second-order valence-corrected chi connectivity index (χ2v) is 8.39. The molecule has 26 heavy (non-hydrogen) atoms. The van der Waals surface area contributed by atoms with Gasteiger partial charge in [0.15, 0.2) is 4.34 Å². The van der Waals surface area contributed by atoms with Crippen LogP contribution >= 0.6 is 23.1 Å². The Balaban J connectivity index is 1.32. The zero-order valence-corrected chi connectivity index (χ0v) is 15.8. The van der Waals surface area contributed by atoms with Crippen molar-refractivity contribution in [3.8, 4) is 5.75 Å². The largest absolute Gasteiger partial charge is 0.488 e. The van der Waals surface area contributed by atoms with E-state index in [1.54, 1.807) is 23.7 Å². The van der Waals surface area contributed by atoms with Crippen molar-refractivity contribution in [3.05, 3.63) is 48.8 Å². The molecule has 1 aliphatic heterocycles. The van der Waals surface area contributed by atoms with Gasteiger partial charge in [0.05, 0.1) is 22.5 Å². The SMILES string of the molecule is O=C(CSc1nc2ccccc2s1)N1CCC[C@H](Oc2ccncc2)C1. The number of thiazole rings is 1. The van der Waals surface area contributed by atoms with Crippen LogP contribution in [0.25, 0.3) is 10.2 Å². The van der Waals surface area contributed by atoms with E-state index in [-0.39, 0.29) is 12.0 Å². The number of pyridine rings is 1. The van der Waals surface area contributed by atoms with E-state index in [1.807, 2.05) is 35.2 Å². The van der Waals surface area contributed by atoms with E-state index in [0.717, 1.165) is 39.7 Å². The number of ether oxygens (including phenoxy) is 1. The summed E-state index contributed by atoms with van der Waals surface area (Å²) < 4.78 is 8.09. The molecule has 4 rings (SSSR count). The molecule has 7 heteroatoms. The highest BCUT2D eigenvalue weighted by molar-refractivity contribution is 8.01. The molecular weight excluding hydrogens is 366 g/mol. The summed E-state index contributed by atoms with van der Waals surface area (Å²) in [5.74, 6) is 1.38. The lowest BCUT2D eigenvalue weighted by Gasteiger charge is -2.32. The van der Waals surface area contributed by atoms with Crippen molar-refractivity contribution in [1.82, 2.24) is 14.9 Å². The maximum atomic E-state index is 12.6. The van der Waals surface area contributed by atoms with Crippen molar-refractivity contribution in [1.29, 1.82) is 0 Å². The molecule has 0 radical (unpaired) electrons. The van der Waals surface area contributed by atoms with Crippen molar-refractivity contribution >= 4 is 39.2 Å². The first-order valence-electron chi connectivity index (χ1n) is 8.61. The Hall–Kier alpha value is -2.12. The summed E-state index contributed by atoms with van der Waals surface area (Å²) >= 11 is 3.16. The molecule has 0 saturated carbocycles. The maximum absolute atomic E-state index is 12.6. The van der Waals surface area contributed by atoms with Crippen LogP contribution in [0.3, 0.4) is 0 Å². The Kier molecular flexibility index (Phi) is 5.36. The highest BCUT2D eigenvalue weighted by Gasteiger charge is 2.25. The molecule has 1 aliphatic rings. The third-order valence-corrected chi connectivity index (χ3v) is 6.44. The van der Waals surface area contributed by atoms with Gasteiger partial charge >= 0.3 is 0 Å². The fraction of sp³-hybridized carbons (Fsp3) is 0.316. The number of carbonyl (C=O) groups is 1. The van der Waals surface area contributed by atoms with Crippen LogP contribution in [0.15, 0.2) is 53.1 Å². The molecule has 0 bridgehead atoms. The Morgan fingerprint density at radius 3 is 2.96 bits per heavy atom. The molecule has 0 unspecified atom stereocenters. The van der Waals surface area contributed by atoms with E-state index in [4.69, 9.17) is 4.74 Å². The summed E-state index contributed by atoms with van der Waals surface area (Å²) in [5.41, 5.74) is 0.997. The van der Waals surface area contributed by atoms with Gasteiger partial charge in [0.2, 0.25) is 5.91 Å². The molecule has 2 aromatic heterocycles. The number of aromatic nitrogens is 2. The Morgan fingerprint density at radius 2 is 2.12 bits per heavy atom. The van der Waals surface area contributed by atoms with E-state index >= 15 is 0 Å². The lowest BCUT2D eigenvalue weighted by Crippen LogP contribution is -2.45. The number of nitrogens with zero attached hydrogens (tertiary/aromatic N) is 3. The van der Waals surface area contributed by atoms with Gasteiger partial charge < -0.3 is 9.64 Å². The number of likely N-dealkylation sites (tertiary alicyclic amines) is 1. The fourth-order valence-electron chi connectivity index (χ4n) is 3.00. The number of hydrogen-bond donors (Lipinski definition) is 0. The predicted octanol–water partition coefficient (Wildman–Crippen LogP) is 3.85. The van der Waals surface area contributed by atoms with Crippen LogP contribution in [-0.4, -0.2) is 45.7 Å². The number of fused-ring (bicyclic) bond motifs is 1. The third kappa shape index (κ3) is 4.16. The van der Waals surface area contributed by atoms with Crippen LogP contribution in [0.2, 0.25) is 0 Å². The summed E-state index contributed by atoms with van der Waals surface area (Å²) in [7, 11) is 0. The van der Waals surface area contributed by atoms with E-state index in [9.17, 15) is 4.79 Å². The van der Waals surface area contributed by atoms with E-state index in [1.165, 1.54) is 11.8 Å². The first-order chi connectivity index (χ1) is 12.8. The van der Waals surface area contributed by atoms with Crippen LogP contribution in [0.1, 0.15) is 12.8 Å². The number of rotatable bonds is 5. The number of thioether (sulfide) groups is 1. The highest BCUT2D eigenvalue weighted by Crippen LogP contribution is 2.29. The molecule has 134 valence electrons. The Labute approximate surface area is 160 Å². The Bertz CT molecular complexity index is 852. The van der Waals surface area contributed by atoms with Crippen LogP contribution in [0.5, 0.6) is 5.75 Å². The molecule has 1 fully saturated rings. The second kappa shape index (κ2) is 8.05. The smallest absolute Gasteiger partial charge is 0.233 e. The van der Waals surface area contributed by atoms with E-state index < -0.39 is 0 Å². The average molecular weight is 386 g/mol. The molecule has 1 atom stereocenters. The lowest BCUT2D eigenvalue weighted by atomic mass is 10.1. The third-order valence-electron chi connectivity index (χ3n) is 4.28. The second-order valence-electron chi connectivity index (χ2n) is 6.14.